The van der Waals surface area contributed by atoms with E-state index in [4.69, 9.17) is 0 Å². The van der Waals surface area contributed by atoms with Crippen LogP contribution in [-0.2, 0) is 17.6 Å². The molecule has 0 spiro atoms. The number of likely N-dealkylation sites (tertiary alicyclic amines) is 1. The van der Waals surface area contributed by atoms with Gasteiger partial charge < -0.3 is 10.2 Å². The number of nitrogens with one attached hydrogen (secondary N) is 1. The molecule has 0 atom stereocenters. The molecule has 1 N–H and O–H groups in total. The van der Waals surface area contributed by atoms with Crippen molar-refractivity contribution in [2.75, 3.05) is 13.1 Å². The molecule has 4 nitrogen and oxygen atoms in total. The Bertz CT molecular complexity index is 869. The number of halogens is 1. The lowest BCUT2D eigenvalue weighted by molar-refractivity contribution is -0.131. The molecule has 1 aliphatic heterocycles. The second-order valence-corrected chi connectivity index (χ2v) is 8.28. The van der Waals surface area contributed by atoms with Gasteiger partial charge >= 0.3 is 0 Å². The van der Waals surface area contributed by atoms with Crippen LogP contribution in [0, 0.1) is 11.7 Å². The molecule has 2 aromatic carbocycles. The van der Waals surface area contributed by atoms with Crippen LogP contribution < -0.4 is 5.32 Å². The van der Waals surface area contributed by atoms with E-state index in [9.17, 15) is 14.0 Å². The molecule has 1 saturated carbocycles. The van der Waals surface area contributed by atoms with Gasteiger partial charge in [0.05, 0.1) is 6.42 Å². The fourth-order valence-corrected chi connectivity index (χ4v) is 3.94. The number of rotatable bonds is 6. The Morgan fingerprint density at radius 2 is 1.69 bits per heavy atom. The highest BCUT2D eigenvalue weighted by Gasteiger charge is 2.25. The van der Waals surface area contributed by atoms with Crippen molar-refractivity contribution in [3.05, 3.63) is 71.0 Å². The van der Waals surface area contributed by atoms with E-state index in [1.165, 1.54) is 17.7 Å². The van der Waals surface area contributed by atoms with Crippen LogP contribution in [0.15, 0.2) is 48.5 Å². The molecule has 0 aromatic heterocycles. The van der Waals surface area contributed by atoms with Crippen molar-refractivity contribution in [3.63, 3.8) is 0 Å². The SMILES string of the molecule is O=C(NC1CC1)c1ccc(CC2CCN(C(=O)Cc3cccc(F)c3)CC2)cc1. The Morgan fingerprint density at radius 3 is 2.34 bits per heavy atom. The predicted octanol–water partition coefficient (Wildman–Crippen LogP) is 3.74. The molecule has 0 bridgehead atoms. The lowest BCUT2D eigenvalue weighted by atomic mass is 9.89. The van der Waals surface area contributed by atoms with Crippen molar-refractivity contribution >= 4 is 11.8 Å². The van der Waals surface area contributed by atoms with Gasteiger partial charge in [0.2, 0.25) is 5.91 Å². The Hall–Kier alpha value is -2.69. The Balaban J connectivity index is 1.24. The quantitative estimate of drug-likeness (QED) is 0.811. The minimum atomic E-state index is -0.301. The molecule has 152 valence electrons. The minimum Gasteiger partial charge on any atom is -0.349 e. The summed E-state index contributed by atoms with van der Waals surface area (Å²) in [5.41, 5.74) is 2.68. The molecule has 2 aromatic rings. The van der Waals surface area contributed by atoms with Crippen molar-refractivity contribution < 1.29 is 14.0 Å². The van der Waals surface area contributed by atoms with Crippen molar-refractivity contribution in [2.45, 2.75) is 44.6 Å². The number of carbonyl (C=O) groups excluding carboxylic acids is 2. The average molecular weight is 394 g/mol. The second-order valence-electron chi connectivity index (χ2n) is 8.28. The first-order valence-electron chi connectivity index (χ1n) is 10.5. The van der Waals surface area contributed by atoms with Gasteiger partial charge in [0, 0.05) is 24.7 Å². The zero-order valence-electron chi connectivity index (χ0n) is 16.6. The van der Waals surface area contributed by atoms with Crippen LogP contribution in [-0.4, -0.2) is 35.8 Å². The number of hydrogen-bond acceptors (Lipinski definition) is 2. The average Bonchev–Trinajstić information content (AvgIpc) is 3.53. The third-order valence-electron chi connectivity index (χ3n) is 5.86. The molecule has 2 amide bonds. The van der Waals surface area contributed by atoms with E-state index in [-0.39, 0.29) is 24.1 Å². The summed E-state index contributed by atoms with van der Waals surface area (Å²) in [6.07, 6.45) is 5.35. The van der Waals surface area contributed by atoms with Gasteiger partial charge in [0.1, 0.15) is 5.82 Å². The summed E-state index contributed by atoms with van der Waals surface area (Å²) in [5.74, 6) is 0.327. The third kappa shape index (κ3) is 5.43. The van der Waals surface area contributed by atoms with Crippen LogP contribution >= 0.6 is 0 Å². The fraction of sp³-hybridized carbons (Fsp3) is 0.417. The Morgan fingerprint density at radius 1 is 0.966 bits per heavy atom. The summed E-state index contributed by atoms with van der Waals surface area (Å²) in [7, 11) is 0. The highest BCUT2D eigenvalue weighted by atomic mass is 19.1. The van der Waals surface area contributed by atoms with E-state index >= 15 is 0 Å². The van der Waals surface area contributed by atoms with Gasteiger partial charge in [-0.3, -0.25) is 9.59 Å². The molecule has 5 heteroatoms. The van der Waals surface area contributed by atoms with Crippen LogP contribution in [0.4, 0.5) is 4.39 Å². The van der Waals surface area contributed by atoms with E-state index in [0.717, 1.165) is 56.3 Å². The highest BCUT2D eigenvalue weighted by molar-refractivity contribution is 5.94. The predicted molar refractivity (Wildman–Crippen MR) is 110 cm³/mol. The Kier molecular flexibility index (Phi) is 5.93. The van der Waals surface area contributed by atoms with Crippen LogP contribution in [0.1, 0.15) is 47.2 Å². The number of amides is 2. The zero-order chi connectivity index (χ0) is 20.2. The number of nitrogens with zero attached hydrogens (tertiary/aromatic N) is 1. The summed E-state index contributed by atoms with van der Waals surface area (Å²) >= 11 is 0. The highest BCUT2D eigenvalue weighted by Crippen LogP contribution is 2.23. The van der Waals surface area contributed by atoms with E-state index in [0.29, 0.717) is 12.0 Å². The number of carbonyl (C=O) groups is 2. The number of hydrogen-bond donors (Lipinski definition) is 1. The molecule has 0 unspecified atom stereocenters. The van der Waals surface area contributed by atoms with Crippen molar-refractivity contribution in [3.8, 4) is 0 Å². The fourth-order valence-electron chi connectivity index (χ4n) is 3.94. The first-order valence-corrected chi connectivity index (χ1v) is 10.5. The maximum Gasteiger partial charge on any atom is 0.251 e. The molecule has 1 saturated heterocycles. The maximum atomic E-state index is 13.3. The topological polar surface area (TPSA) is 49.4 Å². The molecule has 1 aliphatic carbocycles. The third-order valence-corrected chi connectivity index (χ3v) is 5.86. The zero-order valence-corrected chi connectivity index (χ0v) is 16.6. The van der Waals surface area contributed by atoms with Gasteiger partial charge in [0.25, 0.3) is 5.91 Å². The summed E-state index contributed by atoms with van der Waals surface area (Å²) in [4.78, 5) is 26.5. The first kappa shape index (κ1) is 19.6. The molecule has 1 heterocycles. The molecule has 2 aliphatic rings. The summed E-state index contributed by atoms with van der Waals surface area (Å²) < 4.78 is 13.3. The summed E-state index contributed by atoms with van der Waals surface area (Å²) in [5, 5.41) is 3.01. The van der Waals surface area contributed by atoms with Gasteiger partial charge in [-0.25, -0.2) is 4.39 Å². The largest absolute Gasteiger partial charge is 0.349 e. The molecule has 0 radical (unpaired) electrons. The van der Waals surface area contributed by atoms with Gasteiger partial charge in [0.15, 0.2) is 0 Å². The summed E-state index contributed by atoms with van der Waals surface area (Å²) in [6.45, 7) is 1.50. The smallest absolute Gasteiger partial charge is 0.251 e. The normalized spacial score (nSPS) is 17.2. The molecular formula is C24H27FN2O2. The van der Waals surface area contributed by atoms with E-state index in [1.54, 1.807) is 12.1 Å². The first-order chi connectivity index (χ1) is 14.1. The standard InChI is InChI=1S/C24H27FN2O2/c25-21-3-1-2-19(15-21)16-23(28)27-12-10-18(11-13-27)14-17-4-6-20(7-5-17)24(29)26-22-8-9-22/h1-7,15,18,22H,8-14,16H2,(H,26,29). The lowest BCUT2D eigenvalue weighted by Gasteiger charge is -2.32. The van der Waals surface area contributed by atoms with Crippen LogP contribution in [0.5, 0.6) is 0 Å². The minimum absolute atomic E-state index is 0.0177. The van der Waals surface area contributed by atoms with Gasteiger partial charge in [-0.05, 0) is 73.4 Å². The van der Waals surface area contributed by atoms with Crippen LogP contribution in [0.3, 0.4) is 0 Å². The molecule has 2 fully saturated rings. The van der Waals surface area contributed by atoms with E-state index < -0.39 is 0 Å². The van der Waals surface area contributed by atoms with E-state index in [2.05, 4.69) is 5.32 Å². The monoisotopic (exact) mass is 394 g/mol. The van der Waals surface area contributed by atoms with Crippen LogP contribution in [0.2, 0.25) is 0 Å². The lowest BCUT2D eigenvalue weighted by Crippen LogP contribution is -2.39. The van der Waals surface area contributed by atoms with Gasteiger partial charge in [-0.1, -0.05) is 24.3 Å². The maximum absolute atomic E-state index is 13.3. The van der Waals surface area contributed by atoms with Gasteiger partial charge in [-0.15, -0.1) is 0 Å². The summed E-state index contributed by atoms with van der Waals surface area (Å²) in [6, 6.07) is 14.5. The van der Waals surface area contributed by atoms with Crippen molar-refractivity contribution in [1.29, 1.82) is 0 Å². The Labute approximate surface area is 171 Å². The van der Waals surface area contributed by atoms with Crippen molar-refractivity contribution in [2.24, 2.45) is 5.92 Å². The van der Waals surface area contributed by atoms with Crippen LogP contribution in [0.25, 0.3) is 0 Å². The molecular weight excluding hydrogens is 367 g/mol. The van der Waals surface area contributed by atoms with Gasteiger partial charge in [-0.2, -0.15) is 0 Å². The second kappa shape index (κ2) is 8.76. The number of benzene rings is 2. The number of piperidine rings is 1. The molecule has 4 rings (SSSR count). The molecule has 29 heavy (non-hydrogen) atoms. The van der Waals surface area contributed by atoms with E-state index in [1.807, 2.05) is 29.2 Å². The van der Waals surface area contributed by atoms with Crippen molar-refractivity contribution in [1.82, 2.24) is 10.2 Å².